The van der Waals surface area contributed by atoms with E-state index in [1.165, 1.54) is 12.1 Å². The lowest BCUT2D eigenvalue weighted by Gasteiger charge is -2.09. The van der Waals surface area contributed by atoms with E-state index in [-0.39, 0.29) is 11.3 Å². The summed E-state index contributed by atoms with van der Waals surface area (Å²) in [6.07, 6.45) is 0. The molecule has 0 aliphatic carbocycles. The van der Waals surface area contributed by atoms with Crippen LogP contribution in [0.2, 0.25) is 0 Å². The van der Waals surface area contributed by atoms with Crippen molar-refractivity contribution >= 4 is 15.8 Å². The summed E-state index contributed by atoms with van der Waals surface area (Å²) in [6.45, 7) is 0. The van der Waals surface area contributed by atoms with Crippen molar-refractivity contribution in [3.05, 3.63) is 60.2 Å². The molecular formula is C14H9F3O4S. The fraction of sp³-hybridized carbons (Fsp3) is 0.0714. The molecule has 8 heteroatoms. The second kappa shape index (κ2) is 5.80. The van der Waals surface area contributed by atoms with Crippen molar-refractivity contribution in [2.24, 2.45) is 0 Å². The van der Waals surface area contributed by atoms with Crippen LogP contribution in [0.4, 0.5) is 13.2 Å². The second-order valence-corrected chi connectivity index (χ2v) is 6.12. The zero-order chi connectivity index (χ0) is 16.4. The maximum Gasteiger partial charge on any atom is 0.501 e. The van der Waals surface area contributed by atoms with Crippen LogP contribution < -0.4 is 4.74 Å². The van der Waals surface area contributed by atoms with E-state index < -0.39 is 26.2 Å². The van der Waals surface area contributed by atoms with Crippen molar-refractivity contribution in [1.29, 1.82) is 0 Å². The van der Waals surface area contributed by atoms with Gasteiger partial charge in [-0.1, -0.05) is 18.2 Å². The minimum atomic E-state index is -5.41. The SMILES string of the molecule is O=C(Oc1ccc(S(=O)(=O)C(F)(F)F)cc1)c1ccccc1. The van der Waals surface area contributed by atoms with Gasteiger partial charge in [0.1, 0.15) is 5.75 Å². The largest absolute Gasteiger partial charge is 0.501 e. The monoisotopic (exact) mass is 330 g/mol. The highest BCUT2D eigenvalue weighted by molar-refractivity contribution is 7.92. The van der Waals surface area contributed by atoms with Crippen molar-refractivity contribution in [1.82, 2.24) is 0 Å². The number of hydrogen-bond donors (Lipinski definition) is 0. The fourth-order valence-electron chi connectivity index (χ4n) is 1.56. The lowest BCUT2D eigenvalue weighted by atomic mass is 10.2. The Bertz CT molecular complexity index is 766. The van der Waals surface area contributed by atoms with E-state index in [4.69, 9.17) is 4.74 Å². The average molecular weight is 330 g/mol. The van der Waals surface area contributed by atoms with Gasteiger partial charge < -0.3 is 4.74 Å². The molecule has 0 radical (unpaired) electrons. The standard InChI is InChI=1S/C14H9F3O4S/c15-14(16,17)22(19,20)12-8-6-11(7-9-12)21-13(18)10-4-2-1-3-5-10/h1-9H. The molecule has 2 rings (SSSR count). The normalized spacial score (nSPS) is 12.0. The van der Waals surface area contributed by atoms with Crippen LogP contribution >= 0.6 is 0 Å². The topological polar surface area (TPSA) is 60.4 Å². The Kier molecular flexibility index (Phi) is 4.23. The first-order valence-electron chi connectivity index (χ1n) is 5.90. The molecule has 0 unspecified atom stereocenters. The van der Waals surface area contributed by atoms with Gasteiger partial charge in [0.05, 0.1) is 10.5 Å². The van der Waals surface area contributed by atoms with Crippen molar-refractivity contribution in [3.63, 3.8) is 0 Å². The smallest absolute Gasteiger partial charge is 0.423 e. The van der Waals surface area contributed by atoms with Gasteiger partial charge in [-0.15, -0.1) is 0 Å². The number of benzene rings is 2. The Morgan fingerprint density at radius 2 is 1.45 bits per heavy atom. The number of carbonyl (C=O) groups excluding carboxylic acids is 1. The molecule has 0 fully saturated rings. The second-order valence-electron chi connectivity index (χ2n) is 4.18. The Balaban J connectivity index is 2.19. The Morgan fingerprint density at radius 3 is 1.95 bits per heavy atom. The average Bonchev–Trinajstić information content (AvgIpc) is 2.47. The van der Waals surface area contributed by atoms with Crippen LogP contribution in [0.3, 0.4) is 0 Å². The van der Waals surface area contributed by atoms with Gasteiger partial charge in [0.25, 0.3) is 9.84 Å². The molecule has 0 aliphatic heterocycles. The van der Waals surface area contributed by atoms with Gasteiger partial charge in [0.2, 0.25) is 0 Å². The summed E-state index contributed by atoms with van der Waals surface area (Å²) >= 11 is 0. The third-order valence-electron chi connectivity index (χ3n) is 2.66. The zero-order valence-electron chi connectivity index (χ0n) is 10.9. The van der Waals surface area contributed by atoms with E-state index in [2.05, 4.69) is 0 Å². The molecule has 0 aromatic heterocycles. The molecule has 2 aromatic carbocycles. The minimum absolute atomic E-state index is 0.0602. The number of halogens is 3. The number of carbonyl (C=O) groups is 1. The summed E-state index contributed by atoms with van der Waals surface area (Å²) in [7, 11) is -5.41. The molecule has 0 saturated heterocycles. The van der Waals surface area contributed by atoms with Gasteiger partial charge in [-0.3, -0.25) is 0 Å². The fourth-order valence-corrected chi connectivity index (χ4v) is 2.32. The predicted molar refractivity (Wildman–Crippen MR) is 71.1 cm³/mol. The van der Waals surface area contributed by atoms with Gasteiger partial charge in [-0.2, -0.15) is 13.2 Å². The minimum Gasteiger partial charge on any atom is -0.423 e. The summed E-state index contributed by atoms with van der Waals surface area (Å²) in [5.74, 6) is -0.762. The third-order valence-corrected chi connectivity index (χ3v) is 4.16. The van der Waals surface area contributed by atoms with Crippen LogP contribution in [-0.4, -0.2) is 19.9 Å². The molecule has 0 heterocycles. The van der Waals surface area contributed by atoms with Gasteiger partial charge in [0.15, 0.2) is 0 Å². The number of esters is 1. The van der Waals surface area contributed by atoms with Crippen LogP contribution in [0.15, 0.2) is 59.5 Å². The van der Waals surface area contributed by atoms with Gasteiger partial charge in [0, 0.05) is 0 Å². The summed E-state index contributed by atoms with van der Waals surface area (Å²) in [6, 6.07) is 11.4. The third kappa shape index (κ3) is 3.28. The summed E-state index contributed by atoms with van der Waals surface area (Å²) in [4.78, 5) is 10.8. The molecule has 0 aliphatic rings. The van der Waals surface area contributed by atoms with E-state index in [1.807, 2.05) is 0 Å². The first-order chi connectivity index (χ1) is 10.2. The molecule has 0 N–H and O–H groups in total. The number of hydrogen-bond acceptors (Lipinski definition) is 4. The summed E-state index contributed by atoms with van der Waals surface area (Å²) in [5, 5.41) is 0. The molecule has 0 atom stereocenters. The summed E-state index contributed by atoms with van der Waals surface area (Å²) in [5.41, 5.74) is -5.12. The van der Waals surface area contributed by atoms with Crippen LogP contribution in [0.1, 0.15) is 10.4 Å². The first kappa shape index (κ1) is 16.0. The Hall–Kier alpha value is -2.35. The van der Waals surface area contributed by atoms with Crippen molar-refractivity contribution in [3.8, 4) is 5.75 Å². The molecule has 0 spiro atoms. The van der Waals surface area contributed by atoms with E-state index in [9.17, 15) is 26.4 Å². The lowest BCUT2D eigenvalue weighted by molar-refractivity contribution is -0.0436. The van der Waals surface area contributed by atoms with Crippen molar-refractivity contribution < 1.29 is 31.1 Å². The van der Waals surface area contributed by atoms with Crippen LogP contribution in [0, 0.1) is 0 Å². The predicted octanol–water partition coefficient (Wildman–Crippen LogP) is 3.20. The highest BCUT2D eigenvalue weighted by Crippen LogP contribution is 2.31. The molecular weight excluding hydrogens is 321 g/mol. The first-order valence-corrected chi connectivity index (χ1v) is 7.39. The molecule has 2 aromatic rings. The van der Waals surface area contributed by atoms with Crippen LogP contribution in [0.5, 0.6) is 5.75 Å². The molecule has 116 valence electrons. The molecule has 0 saturated carbocycles. The van der Waals surface area contributed by atoms with Gasteiger partial charge in [-0.25, -0.2) is 13.2 Å². The maximum absolute atomic E-state index is 12.4. The quantitative estimate of drug-likeness (QED) is 0.640. The van der Waals surface area contributed by atoms with E-state index in [1.54, 1.807) is 18.2 Å². The number of ether oxygens (including phenoxy) is 1. The molecule has 4 nitrogen and oxygen atoms in total. The van der Waals surface area contributed by atoms with Crippen LogP contribution in [0.25, 0.3) is 0 Å². The summed E-state index contributed by atoms with van der Waals surface area (Å²) < 4.78 is 64.4. The number of sulfone groups is 1. The molecule has 0 amide bonds. The van der Waals surface area contributed by atoms with Crippen molar-refractivity contribution in [2.75, 3.05) is 0 Å². The van der Waals surface area contributed by atoms with E-state index in [0.717, 1.165) is 24.3 Å². The van der Waals surface area contributed by atoms with Crippen molar-refractivity contribution in [2.45, 2.75) is 10.4 Å². The highest BCUT2D eigenvalue weighted by atomic mass is 32.2. The Labute approximate surface area is 124 Å². The lowest BCUT2D eigenvalue weighted by Crippen LogP contribution is -2.23. The molecule has 0 bridgehead atoms. The maximum atomic E-state index is 12.4. The van der Waals surface area contributed by atoms with E-state index >= 15 is 0 Å². The highest BCUT2D eigenvalue weighted by Gasteiger charge is 2.46. The van der Waals surface area contributed by atoms with Gasteiger partial charge >= 0.3 is 11.5 Å². The van der Waals surface area contributed by atoms with Crippen LogP contribution in [-0.2, 0) is 9.84 Å². The Morgan fingerprint density at radius 1 is 0.909 bits per heavy atom. The zero-order valence-corrected chi connectivity index (χ0v) is 11.7. The molecule has 22 heavy (non-hydrogen) atoms. The number of rotatable bonds is 3. The van der Waals surface area contributed by atoms with E-state index in [0.29, 0.717) is 0 Å². The van der Waals surface area contributed by atoms with Gasteiger partial charge in [-0.05, 0) is 36.4 Å². The number of alkyl halides is 3.